The fraction of sp³-hybridized carbons (Fsp3) is 0.250. The molecule has 1 fully saturated rings. The number of sulfonamides is 1. The van der Waals surface area contributed by atoms with Gasteiger partial charge in [0.1, 0.15) is 17.5 Å². The van der Waals surface area contributed by atoms with Crippen molar-refractivity contribution in [1.29, 1.82) is 0 Å². The molecule has 2 aromatic carbocycles. The van der Waals surface area contributed by atoms with Crippen LogP contribution < -0.4 is 4.90 Å². The first kappa shape index (κ1) is 22.1. The normalized spacial score (nSPS) is 15.4. The fourth-order valence-electron chi connectivity index (χ4n) is 3.36. The van der Waals surface area contributed by atoms with Gasteiger partial charge in [0.05, 0.1) is 10.7 Å². The Kier molecular flexibility index (Phi) is 6.25. The molecule has 1 aromatic heterocycles. The summed E-state index contributed by atoms with van der Waals surface area (Å²) in [4.78, 5) is 5.55. The zero-order chi connectivity index (χ0) is 22.2. The molecular weight excluding hydrogens is 471 g/mol. The van der Waals surface area contributed by atoms with Crippen LogP contribution in [0.25, 0.3) is 0 Å². The van der Waals surface area contributed by atoms with Crippen molar-refractivity contribution in [3.05, 3.63) is 75.5 Å². The summed E-state index contributed by atoms with van der Waals surface area (Å²) in [5, 5.41) is 2.63. The number of thiazole rings is 1. The minimum atomic E-state index is -4.28. The average Bonchev–Trinajstić information content (AvgIpc) is 3.19. The van der Waals surface area contributed by atoms with Gasteiger partial charge in [-0.3, -0.25) is 0 Å². The van der Waals surface area contributed by atoms with Crippen LogP contribution >= 0.6 is 22.9 Å². The molecule has 0 unspecified atom stereocenters. The van der Waals surface area contributed by atoms with Crippen LogP contribution in [0, 0.1) is 17.5 Å². The van der Waals surface area contributed by atoms with E-state index >= 15 is 0 Å². The molecule has 0 amide bonds. The smallest absolute Gasteiger partial charge is 0.249 e. The zero-order valence-electron chi connectivity index (χ0n) is 16.1. The van der Waals surface area contributed by atoms with Gasteiger partial charge in [-0.15, -0.1) is 11.3 Å². The molecule has 5 nitrogen and oxygen atoms in total. The van der Waals surface area contributed by atoms with E-state index in [2.05, 4.69) is 4.98 Å². The molecule has 164 valence electrons. The summed E-state index contributed by atoms with van der Waals surface area (Å²) in [5.74, 6) is -2.70. The van der Waals surface area contributed by atoms with Gasteiger partial charge in [0.25, 0.3) is 0 Å². The molecule has 3 aromatic rings. The van der Waals surface area contributed by atoms with E-state index in [1.807, 2.05) is 10.3 Å². The standard InChI is InChI=1S/C20H17ClF3N3O2S2/c21-15-5-4-13(11-18(15)24)10-14-12-30-20(25-14)26-6-8-27(9-7-26)31(28,29)19-16(22)2-1-3-17(19)23/h1-5,11-12H,6-10H2. The van der Waals surface area contributed by atoms with Crippen LogP contribution in [0.3, 0.4) is 0 Å². The number of hydrogen-bond donors (Lipinski definition) is 0. The highest BCUT2D eigenvalue weighted by Crippen LogP contribution is 2.27. The van der Waals surface area contributed by atoms with Crippen molar-refractivity contribution in [2.45, 2.75) is 11.3 Å². The third-order valence-electron chi connectivity index (χ3n) is 4.93. The number of halogens is 4. The number of anilines is 1. The number of hydrogen-bond acceptors (Lipinski definition) is 5. The first-order chi connectivity index (χ1) is 14.8. The van der Waals surface area contributed by atoms with Gasteiger partial charge in [-0.2, -0.15) is 4.31 Å². The third kappa shape index (κ3) is 4.57. The van der Waals surface area contributed by atoms with Crippen LogP contribution in [0.2, 0.25) is 5.02 Å². The maximum Gasteiger partial charge on any atom is 0.249 e. The van der Waals surface area contributed by atoms with Crippen LogP contribution in [-0.4, -0.2) is 43.9 Å². The molecular formula is C20H17ClF3N3O2S2. The Morgan fingerprint density at radius 3 is 2.32 bits per heavy atom. The van der Waals surface area contributed by atoms with E-state index in [0.717, 1.165) is 33.8 Å². The van der Waals surface area contributed by atoms with Crippen LogP contribution in [0.4, 0.5) is 18.3 Å². The van der Waals surface area contributed by atoms with Crippen molar-refractivity contribution in [3.63, 3.8) is 0 Å². The lowest BCUT2D eigenvalue weighted by Gasteiger charge is -2.33. The second-order valence-electron chi connectivity index (χ2n) is 6.99. The minimum Gasteiger partial charge on any atom is -0.345 e. The SMILES string of the molecule is O=S(=O)(c1c(F)cccc1F)N1CCN(c2nc(Cc3ccc(Cl)c(F)c3)cs2)CC1. The lowest BCUT2D eigenvalue weighted by molar-refractivity contribution is 0.378. The van der Waals surface area contributed by atoms with Gasteiger partial charge in [0.2, 0.25) is 10.0 Å². The van der Waals surface area contributed by atoms with E-state index in [1.54, 1.807) is 6.07 Å². The van der Waals surface area contributed by atoms with Crippen LogP contribution in [0.1, 0.15) is 11.3 Å². The van der Waals surface area contributed by atoms with E-state index in [9.17, 15) is 21.6 Å². The summed E-state index contributed by atoms with van der Waals surface area (Å²) in [7, 11) is -4.28. The minimum absolute atomic E-state index is 0.0609. The molecule has 0 N–H and O–H groups in total. The molecule has 0 spiro atoms. The topological polar surface area (TPSA) is 53.5 Å². The van der Waals surface area contributed by atoms with E-state index in [-0.39, 0.29) is 18.1 Å². The first-order valence-electron chi connectivity index (χ1n) is 9.33. The lowest BCUT2D eigenvalue weighted by atomic mass is 10.1. The van der Waals surface area contributed by atoms with Gasteiger partial charge in [0, 0.05) is 38.0 Å². The molecule has 1 aliphatic heterocycles. The van der Waals surface area contributed by atoms with Crippen molar-refractivity contribution < 1.29 is 21.6 Å². The van der Waals surface area contributed by atoms with Crippen molar-refractivity contribution in [2.75, 3.05) is 31.1 Å². The summed E-state index contributed by atoms with van der Waals surface area (Å²) in [6.07, 6.45) is 0.436. The summed E-state index contributed by atoms with van der Waals surface area (Å²) < 4.78 is 68.1. The molecule has 1 saturated heterocycles. The highest BCUT2D eigenvalue weighted by atomic mass is 35.5. The predicted octanol–water partition coefficient (Wildman–Crippen LogP) is 4.32. The van der Waals surface area contributed by atoms with E-state index in [1.165, 1.54) is 23.5 Å². The first-order valence-corrected chi connectivity index (χ1v) is 12.0. The van der Waals surface area contributed by atoms with Gasteiger partial charge in [-0.1, -0.05) is 23.7 Å². The quantitative estimate of drug-likeness (QED) is 0.538. The fourth-order valence-corrected chi connectivity index (χ4v) is 5.89. The maximum absolute atomic E-state index is 14.0. The number of rotatable bonds is 5. The van der Waals surface area contributed by atoms with Crippen molar-refractivity contribution in [3.8, 4) is 0 Å². The van der Waals surface area contributed by atoms with E-state index in [4.69, 9.17) is 11.6 Å². The Morgan fingerprint density at radius 1 is 1.00 bits per heavy atom. The van der Waals surface area contributed by atoms with Crippen molar-refractivity contribution in [2.24, 2.45) is 0 Å². The lowest BCUT2D eigenvalue weighted by Crippen LogP contribution is -2.49. The molecule has 2 heterocycles. The molecule has 0 aliphatic carbocycles. The predicted molar refractivity (Wildman–Crippen MR) is 114 cm³/mol. The summed E-state index contributed by atoms with van der Waals surface area (Å²) in [5.41, 5.74) is 1.49. The Hall–Kier alpha value is -2.14. The second-order valence-corrected chi connectivity index (χ2v) is 10.1. The van der Waals surface area contributed by atoms with Gasteiger partial charge < -0.3 is 4.90 Å². The summed E-state index contributed by atoms with van der Waals surface area (Å²) in [6.45, 7) is 0.816. The Balaban J connectivity index is 1.43. The van der Waals surface area contributed by atoms with Gasteiger partial charge in [-0.05, 0) is 29.8 Å². The molecule has 11 heteroatoms. The van der Waals surface area contributed by atoms with E-state index < -0.39 is 32.4 Å². The largest absolute Gasteiger partial charge is 0.345 e. The molecule has 1 aliphatic rings. The van der Waals surface area contributed by atoms with E-state index in [0.29, 0.717) is 24.6 Å². The van der Waals surface area contributed by atoms with Crippen molar-refractivity contribution >= 4 is 38.1 Å². The van der Waals surface area contributed by atoms with Crippen LogP contribution in [0.15, 0.2) is 46.7 Å². The van der Waals surface area contributed by atoms with Crippen LogP contribution in [0.5, 0.6) is 0 Å². The molecule has 0 radical (unpaired) electrons. The third-order valence-corrected chi connectivity index (χ3v) is 8.14. The van der Waals surface area contributed by atoms with Crippen LogP contribution in [-0.2, 0) is 16.4 Å². The highest BCUT2D eigenvalue weighted by Gasteiger charge is 2.33. The Morgan fingerprint density at radius 2 is 1.68 bits per heavy atom. The monoisotopic (exact) mass is 487 g/mol. The molecule has 0 bridgehead atoms. The Labute approximate surface area is 186 Å². The Bertz CT molecular complexity index is 1190. The summed E-state index contributed by atoms with van der Waals surface area (Å²) >= 11 is 7.11. The molecule has 4 rings (SSSR count). The van der Waals surface area contributed by atoms with Crippen molar-refractivity contribution in [1.82, 2.24) is 9.29 Å². The molecule has 0 atom stereocenters. The number of nitrogens with zero attached hydrogens (tertiary/aromatic N) is 3. The van der Waals surface area contributed by atoms with Gasteiger partial charge in [0.15, 0.2) is 10.0 Å². The average molecular weight is 488 g/mol. The number of piperazine rings is 1. The van der Waals surface area contributed by atoms with Gasteiger partial charge in [-0.25, -0.2) is 26.6 Å². The van der Waals surface area contributed by atoms with Gasteiger partial charge >= 0.3 is 0 Å². The highest BCUT2D eigenvalue weighted by molar-refractivity contribution is 7.89. The summed E-state index contributed by atoms with van der Waals surface area (Å²) in [6, 6.07) is 7.58. The maximum atomic E-state index is 14.0. The zero-order valence-corrected chi connectivity index (χ0v) is 18.5. The molecule has 0 saturated carbocycles. The molecule has 31 heavy (non-hydrogen) atoms. The number of benzene rings is 2. The second kappa shape index (κ2) is 8.78. The number of aromatic nitrogens is 1.